The molecule has 3 aromatic rings. The maximum absolute atomic E-state index is 13.1. The van der Waals surface area contributed by atoms with Crippen molar-refractivity contribution in [2.24, 2.45) is 0 Å². The molecule has 10 heteroatoms. The van der Waals surface area contributed by atoms with E-state index in [0.29, 0.717) is 39.3 Å². The van der Waals surface area contributed by atoms with E-state index in [0.717, 1.165) is 4.47 Å². The third kappa shape index (κ3) is 3.37. The van der Waals surface area contributed by atoms with E-state index in [1.807, 2.05) is 0 Å². The standard InChI is InChI=1S/C16H10BrF3N2O2S2/c17-8-3-1-2-7-13(8)25-15(14(7)26-16(18,19)20)10-6-11(24-22-10)9-4-5-12(23)21-9/h1-3,6,9H,4-5H2,(H,21,23). The van der Waals surface area contributed by atoms with Crippen LogP contribution in [-0.4, -0.2) is 16.6 Å². The van der Waals surface area contributed by atoms with E-state index >= 15 is 0 Å². The molecule has 136 valence electrons. The zero-order chi connectivity index (χ0) is 18.5. The van der Waals surface area contributed by atoms with Gasteiger partial charge < -0.3 is 9.84 Å². The first-order chi connectivity index (χ1) is 12.3. The summed E-state index contributed by atoms with van der Waals surface area (Å²) >= 11 is 4.46. The lowest BCUT2D eigenvalue weighted by Gasteiger charge is -2.06. The van der Waals surface area contributed by atoms with Crippen molar-refractivity contribution in [1.29, 1.82) is 0 Å². The van der Waals surface area contributed by atoms with Gasteiger partial charge in [-0.25, -0.2) is 0 Å². The normalized spacial score (nSPS) is 17.8. The molecule has 0 spiro atoms. The molecule has 1 aliphatic heterocycles. The first-order valence-corrected chi connectivity index (χ1v) is 9.97. The third-order valence-electron chi connectivity index (χ3n) is 3.94. The van der Waals surface area contributed by atoms with E-state index in [-0.39, 0.29) is 28.6 Å². The molecule has 1 aromatic carbocycles. The monoisotopic (exact) mass is 462 g/mol. The highest BCUT2D eigenvalue weighted by molar-refractivity contribution is 9.10. The highest BCUT2D eigenvalue weighted by Crippen LogP contribution is 2.51. The zero-order valence-corrected chi connectivity index (χ0v) is 16.1. The average molecular weight is 463 g/mol. The Labute approximate surface area is 162 Å². The van der Waals surface area contributed by atoms with Crippen molar-refractivity contribution in [2.75, 3.05) is 0 Å². The molecule has 1 fully saturated rings. The molecule has 2 aromatic heterocycles. The molecule has 1 atom stereocenters. The van der Waals surface area contributed by atoms with Crippen molar-refractivity contribution in [3.63, 3.8) is 0 Å². The van der Waals surface area contributed by atoms with Gasteiger partial charge in [0, 0.05) is 27.2 Å². The molecule has 0 saturated carbocycles. The van der Waals surface area contributed by atoms with Gasteiger partial charge in [-0.3, -0.25) is 4.79 Å². The van der Waals surface area contributed by atoms with Gasteiger partial charge in [-0.15, -0.1) is 11.3 Å². The molecule has 1 amide bonds. The van der Waals surface area contributed by atoms with Gasteiger partial charge >= 0.3 is 5.51 Å². The Bertz CT molecular complexity index is 999. The molecule has 26 heavy (non-hydrogen) atoms. The summed E-state index contributed by atoms with van der Waals surface area (Å²) in [5.74, 6) is 0.373. The predicted molar refractivity (Wildman–Crippen MR) is 97.1 cm³/mol. The van der Waals surface area contributed by atoms with Crippen LogP contribution >= 0.6 is 39.0 Å². The summed E-state index contributed by atoms with van der Waals surface area (Å²) in [5.41, 5.74) is -4.09. The zero-order valence-electron chi connectivity index (χ0n) is 12.9. The van der Waals surface area contributed by atoms with Crippen LogP contribution in [0.3, 0.4) is 0 Å². The largest absolute Gasteiger partial charge is 0.446 e. The lowest BCUT2D eigenvalue weighted by molar-refractivity contribution is -0.119. The van der Waals surface area contributed by atoms with E-state index in [1.54, 1.807) is 24.3 Å². The summed E-state index contributed by atoms with van der Waals surface area (Å²) in [6.45, 7) is 0. The molecule has 0 aliphatic carbocycles. The molecule has 0 radical (unpaired) electrons. The number of thiophene rings is 1. The summed E-state index contributed by atoms with van der Waals surface area (Å²) in [6.07, 6.45) is 0.974. The second-order valence-electron chi connectivity index (χ2n) is 5.70. The molecule has 4 nitrogen and oxygen atoms in total. The van der Waals surface area contributed by atoms with Crippen LogP contribution in [-0.2, 0) is 4.79 Å². The van der Waals surface area contributed by atoms with Gasteiger partial charge in [0.25, 0.3) is 0 Å². The number of nitrogens with zero attached hydrogens (tertiary/aromatic N) is 1. The molecule has 4 rings (SSSR count). The molecule has 1 unspecified atom stereocenters. The first-order valence-electron chi connectivity index (χ1n) is 7.55. The third-order valence-corrected chi connectivity index (χ3v) is 7.11. The topological polar surface area (TPSA) is 55.1 Å². The van der Waals surface area contributed by atoms with E-state index in [2.05, 4.69) is 26.4 Å². The van der Waals surface area contributed by atoms with Crippen molar-refractivity contribution in [1.82, 2.24) is 10.5 Å². The quantitative estimate of drug-likeness (QED) is 0.493. The van der Waals surface area contributed by atoms with Crippen molar-refractivity contribution in [2.45, 2.75) is 29.3 Å². The van der Waals surface area contributed by atoms with Crippen LogP contribution in [0.5, 0.6) is 0 Å². The summed E-state index contributed by atoms with van der Waals surface area (Å²) < 4.78 is 46.0. The van der Waals surface area contributed by atoms with E-state index in [1.165, 1.54) is 11.3 Å². The number of hydrogen-bond acceptors (Lipinski definition) is 5. The summed E-state index contributed by atoms with van der Waals surface area (Å²) in [4.78, 5) is 11.9. The van der Waals surface area contributed by atoms with Crippen LogP contribution in [0.4, 0.5) is 13.2 Å². The number of aromatic nitrogens is 1. The van der Waals surface area contributed by atoms with Gasteiger partial charge in [0.2, 0.25) is 5.91 Å². The maximum atomic E-state index is 13.1. The number of rotatable bonds is 3. The number of carbonyl (C=O) groups is 1. The average Bonchev–Trinajstić information content (AvgIpc) is 3.25. The first kappa shape index (κ1) is 17.9. The SMILES string of the molecule is O=C1CCC(c2cc(-c3sc4c(Br)cccc4c3SC(F)(F)F)no2)N1. The Morgan fingerprint density at radius 2 is 2.19 bits per heavy atom. The van der Waals surface area contributed by atoms with Crippen LogP contribution in [0.25, 0.3) is 20.7 Å². The van der Waals surface area contributed by atoms with E-state index in [9.17, 15) is 18.0 Å². The highest BCUT2D eigenvalue weighted by atomic mass is 79.9. The fourth-order valence-electron chi connectivity index (χ4n) is 2.84. The van der Waals surface area contributed by atoms with Crippen molar-refractivity contribution in [3.05, 3.63) is 34.5 Å². The van der Waals surface area contributed by atoms with Gasteiger partial charge in [-0.2, -0.15) is 13.2 Å². The number of amides is 1. The molecular formula is C16H10BrF3N2O2S2. The second-order valence-corrected chi connectivity index (χ2v) is 8.65. The number of carbonyl (C=O) groups excluding carboxylic acids is 1. The Balaban J connectivity index is 1.81. The highest BCUT2D eigenvalue weighted by Gasteiger charge is 2.34. The minimum absolute atomic E-state index is 0.0768. The number of thioether (sulfide) groups is 1. The van der Waals surface area contributed by atoms with Gasteiger partial charge in [0.1, 0.15) is 5.69 Å². The number of alkyl halides is 3. The molecule has 1 aliphatic rings. The second kappa shape index (κ2) is 6.58. The minimum atomic E-state index is -4.42. The predicted octanol–water partition coefficient (Wildman–Crippen LogP) is 5.88. The van der Waals surface area contributed by atoms with Crippen LogP contribution < -0.4 is 5.32 Å². The minimum Gasteiger partial charge on any atom is -0.359 e. The van der Waals surface area contributed by atoms with Crippen LogP contribution in [0.15, 0.2) is 38.2 Å². The molecule has 0 bridgehead atoms. The fourth-order valence-corrected chi connectivity index (χ4v) is 5.52. The number of nitrogens with one attached hydrogen (secondary N) is 1. The number of halogens is 4. The molecular weight excluding hydrogens is 453 g/mol. The molecule has 1 N–H and O–H groups in total. The van der Waals surface area contributed by atoms with Gasteiger partial charge in [0.15, 0.2) is 5.76 Å². The number of benzene rings is 1. The van der Waals surface area contributed by atoms with Crippen molar-refractivity contribution >= 4 is 55.0 Å². The Hall–Kier alpha value is -1.52. The fraction of sp³-hybridized carbons (Fsp3) is 0.250. The van der Waals surface area contributed by atoms with Gasteiger partial charge in [-0.05, 0) is 40.2 Å². The summed E-state index contributed by atoms with van der Waals surface area (Å²) in [6, 6.07) is 6.46. The number of fused-ring (bicyclic) bond motifs is 1. The van der Waals surface area contributed by atoms with Gasteiger partial charge in [0.05, 0.1) is 15.6 Å². The summed E-state index contributed by atoms with van der Waals surface area (Å²) in [7, 11) is 0. The van der Waals surface area contributed by atoms with Crippen molar-refractivity contribution in [3.8, 4) is 10.6 Å². The lowest BCUT2D eigenvalue weighted by atomic mass is 10.1. The smallest absolute Gasteiger partial charge is 0.359 e. The molecule has 1 saturated heterocycles. The van der Waals surface area contributed by atoms with Gasteiger partial charge in [-0.1, -0.05) is 17.3 Å². The number of hydrogen-bond donors (Lipinski definition) is 1. The maximum Gasteiger partial charge on any atom is 0.446 e. The van der Waals surface area contributed by atoms with Crippen LogP contribution in [0.2, 0.25) is 0 Å². The Morgan fingerprint density at radius 1 is 1.38 bits per heavy atom. The Morgan fingerprint density at radius 3 is 2.88 bits per heavy atom. The van der Waals surface area contributed by atoms with E-state index < -0.39 is 5.51 Å². The van der Waals surface area contributed by atoms with Crippen molar-refractivity contribution < 1.29 is 22.5 Å². The Kier molecular flexibility index (Phi) is 4.52. The molecule has 3 heterocycles. The van der Waals surface area contributed by atoms with Crippen LogP contribution in [0, 0.1) is 0 Å². The summed E-state index contributed by atoms with van der Waals surface area (Å²) in [5, 5.41) is 7.24. The lowest BCUT2D eigenvalue weighted by Crippen LogP contribution is -2.17. The van der Waals surface area contributed by atoms with Crippen LogP contribution in [0.1, 0.15) is 24.6 Å². The van der Waals surface area contributed by atoms with E-state index in [4.69, 9.17) is 4.52 Å².